The highest BCUT2D eigenvalue weighted by Gasteiger charge is 2.12. The first kappa shape index (κ1) is 13.8. The van der Waals surface area contributed by atoms with Crippen molar-refractivity contribution in [2.45, 2.75) is 6.61 Å². The Bertz CT molecular complexity index is 886. The summed E-state index contributed by atoms with van der Waals surface area (Å²) in [5.41, 5.74) is 1.56. The second kappa shape index (κ2) is 5.31. The second-order valence-corrected chi connectivity index (χ2v) is 5.00. The Labute approximate surface area is 124 Å². The molecule has 2 aromatic carbocycles. The summed E-state index contributed by atoms with van der Waals surface area (Å²) in [6, 6.07) is 10.4. The third-order valence-corrected chi connectivity index (χ3v) is 3.53. The minimum Gasteiger partial charge on any atom is -0.423 e. The summed E-state index contributed by atoms with van der Waals surface area (Å²) in [6.07, 6.45) is 0. The minimum absolute atomic E-state index is 0.152. The number of benzene rings is 2. The topological polar surface area (TPSA) is 50.4 Å². The van der Waals surface area contributed by atoms with Gasteiger partial charge in [0.25, 0.3) is 0 Å². The molecule has 0 aliphatic heterocycles. The summed E-state index contributed by atoms with van der Waals surface area (Å²) in [5, 5.41) is 10.0. The largest absolute Gasteiger partial charge is 0.423 e. The van der Waals surface area contributed by atoms with Crippen LogP contribution in [0.5, 0.6) is 0 Å². The number of hydrogen-bond donors (Lipinski definition) is 1. The first-order chi connectivity index (χ1) is 10.1. The van der Waals surface area contributed by atoms with Crippen molar-refractivity contribution in [2.75, 3.05) is 0 Å². The van der Waals surface area contributed by atoms with Gasteiger partial charge in [-0.25, -0.2) is 9.18 Å². The lowest BCUT2D eigenvalue weighted by atomic mass is 10.0. The number of fused-ring (bicyclic) bond motifs is 1. The van der Waals surface area contributed by atoms with Crippen LogP contribution < -0.4 is 5.63 Å². The molecule has 0 amide bonds. The van der Waals surface area contributed by atoms with Crippen LogP contribution in [0.4, 0.5) is 4.39 Å². The van der Waals surface area contributed by atoms with Crippen LogP contribution in [0.3, 0.4) is 0 Å². The summed E-state index contributed by atoms with van der Waals surface area (Å²) in [7, 11) is 0. The summed E-state index contributed by atoms with van der Waals surface area (Å²) < 4.78 is 18.3. The molecule has 0 unspecified atom stereocenters. The highest BCUT2D eigenvalue weighted by atomic mass is 35.5. The molecule has 3 rings (SSSR count). The molecule has 1 heterocycles. The number of hydrogen-bond acceptors (Lipinski definition) is 3. The molecule has 106 valence electrons. The van der Waals surface area contributed by atoms with Gasteiger partial charge in [0.2, 0.25) is 0 Å². The van der Waals surface area contributed by atoms with Gasteiger partial charge >= 0.3 is 5.63 Å². The number of aliphatic hydroxyl groups excluding tert-OH is 1. The van der Waals surface area contributed by atoms with E-state index in [0.717, 1.165) is 0 Å². The lowest BCUT2D eigenvalue weighted by molar-refractivity contribution is 0.282. The van der Waals surface area contributed by atoms with Gasteiger partial charge in [0.05, 0.1) is 11.6 Å². The van der Waals surface area contributed by atoms with Crippen LogP contribution in [0.15, 0.2) is 51.7 Å². The van der Waals surface area contributed by atoms with Gasteiger partial charge in [0.1, 0.15) is 11.4 Å². The second-order valence-electron chi connectivity index (χ2n) is 4.59. The van der Waals surface area contributed by atoms with E-state index in [4.69, 9.17) is 21.1 Å². The zero-order chi connectivity index (χ0) is 15.0. The third-order valence-electron chi connectivity index (χ3n) is 3.21. The quantitative estimate of drug-likeness (QED) is 0.734. The zero-order valence-corrected chi connectivity index (χ0v) is 11.5. The Morgan fingerprint density at radius 3 is 2.62 bits per heavy atom. The number of rotatable bonds is 2. The van der Waals surface area contributed by atoms with E-state index in [9.17, 15) is 9.18 Å². The standard InChI is InChI=1S/C16H10ClFO3/c17-14-6-10(18)2-4-11(14)13-7-16(20)21-15-5-9(8-19)1-3-12(13)15/h1-7,19H,8H2. The van der Waals surface area contributed by atoms with Gasteiger partial charge in [-0.3, -0.25) is 0 Å². The van der Waals surface area contributed by atoms with E-state index in [-0.39, 0.29) is 11.6 Å². The fourth-order valence-corrected chi connectivity index (χ4v) is 2.51. The summed E-state index contributed by atoms with van der Waals surface area (Å²) in [5.74, 6) is -0.446. The normalized spacial score (nSPS) is 11.0. The van der Waals surface area contributed by atoms with Gasteiger partial charge in [0, 0.05) is 22.6 Å². The van der Waals surface area contributed by atoms with Crippen LogP contribution in [-0.4, -0.2) is 5.11 Å². The molecule has 0 fully saturated rings. The van der Waals surface area contributed by atoms with Crippen molar-refractivity contribution >= 4 is 22.6 Å². The molecule has 5 heteroatoms. The number of aliphatic hydroxyl groups is 1. The van der Waals surface area contributed by atoms with Crippen molar-refractivity contribution in [3.63, 3.8) is 0 Å². The summed E-state index contributed by atoms with van der Waals surface area (Å²) in [6.45, 7) is -0.152. The Kier molecular flexibility index (Phi) is 3.49. The predicted octanol–water partition coefficient (Wildman–Crippen LogP) is 3.74. The molecule has 0 saturated heterocycles. The maximum Gasteiger partial charge on any atom is 0.336 e. The van der Waals surface area contributed by atoms with Crippen molar-refractivity contribution in [1.29, 1.82) is 0 Å². The van der Waals surface area contributed by atoms with Crippen LogP contribution in [0.2, 0.25) is 5.02 Å². The van der Waals surface area contributed by atoms with Gasteiger partial charge < -0.3 is 9.52 Å². The van der Waals surface area contributed by atoms with E-state index >= 15 is 0 Å². The highest BCUT2D eigenvalue weighted by Crippen LogP contribution is 2.33. The van der Waals surface area contributed by atoms with Gasteiger partial charge in [-0.15, -0.1) is 0 Å². The molecule has 21 heavy (non-hydrogen) atoms. The highest BCUT2D eigenvalue weighted by molar-refractivity contribution is 6.33. The Hall–Kier alpha value is -2.17. The maximum absolute atomic E-state index is 13.2. The Morgan fingerprint density at radius 2 is 1.90 bits per heavy atom. The van der Waals surface area contributed by atoms with Gasteiger partial charge in [0.15, 0.2) is 0 Å². The lowest BCUT2D eigenvalue weighted by Gasteiger charge is -2.08. The van der Waals surface area contributed by atoms with Crippen LogP contribution in [0, 0.1) is 5.82 Å². The minimum atomic E-state index is -0.534. The van der Waals surface area contributed by atoms with E-state index in [1.54, 1.807) is 18.2 Å². The van der Waals surface area contributed by atoms with E-state index in [0.29, 0.717) is 27.7 Å². The molecule has 3 aromatic rings. The fourth-order valence-electron chi connectivity index (χ4n) is 2.24. The van der Waals surface area contributed by atoms with Crippen molar-refractivity contribution < 1.29 is 13.9 Å². The molecule has 1 N–H and O–H groups in total. The molecule has 0 aliphatic carbocycles. The molecule has 0 aliphatic rings. The van der Waals surface area contributed by atoms with E-state index in [1.165, 1.54) is 24.3 Å². The van der Waals surface area contributed by atoms with Crippen molar-refractivity contribution in [3.05, 3.63) is 69.3 Å². The van der Waals surface area contributed by atoms with Crippen LogP contribution in [0.25, 0.3) is 22.1 Å². The van der Waals surface area contributed by atoms with Crippen molar-refractivity contribution in [1.82, 2.24) is 0 Å². The Balaban J connectivity index is 2.34. The Morgan fingerprint density at radius 1 is 1.10 bits per heavy atom. The van der Waals surface area contributed by atoms with E-state index < -0.39 is 11.4 Å². The first-order valence-electron chi connectivity index (χ1n) is 6.21. The molecule has 0 atom stereocenters. The van der Waals surface area contributed by atoms with E-state index in [1.807, 2.05) is 0 Å². The van der Waals surface area contributed by atoms with Crippen LogP contribution >= 0.6 is 11.6 Å². The fraction of sp³-hybridized carbons (Fsp3) is 0.0625. The molecular formula is C16H10ClFO3. The molecule has 0 radical (unpaired) electrons. The van der Waals surface area contributed by atoms with Gasteiger partial charge in [-0.1, -0.05) is 23.7 Å². The average molecular weight is 305 g/mol. The lowest BCUT2D eigenvalue weighted by Crippen LogP contribution is -1.99. The van der Waals surface area contributed by atoms with Gasteiger partial charge in [-0.05, 0) is 29.8 Å². The summed E-state index contributed by atoms with van der Waals surface area (Å²) >= 11 is 6.06. The average Bonchev–Trinajstić information content (AvgIpc) is 2.45. The SMILES string of the molecule is O=c1cc(-c2ccc(F)cc2Cl)c2ccc(CO)cc2o1. The summed E-state index contributed by atoms with van der Waals surface area (Å²) in [4.78, 5) is 11.7. The molecular weight excluding hydrogens is 295 g/mol. The molecule has 3 nitrogen and oxygen atoms in total. The van der Waals surface area contributed by atoms with E-state index in [2.05, 4.69) is 0 Å². The molecule has 1 aromatic heterocycles. The first-order valence-corrected chi connectivity index (χ1v) is 6.59. The van der Waals surface area contributed by atoms with Crippen LogP contribution in [0.1, 0.15) is 5.56 Å². The van der Waals surface area contributed by atoms with Crippen molar-refractivity contribution in [2.24, 2.45) is 0 Å². The smallest absolute Gasteiger partial charge is 0.336 e. The molecule has 0 bridgehead atoms. The van der Waals surface area contributed by atoms with Gasteiger partial charge in [-0.2, -0.15) is 0 Å². The molecule has 0 spiro atoms. The van der Waals surface area contributed by atoms with Crippen molar-refractivity contribution in [3.8, 4) is 11.1 Å². The van der Waals surface area contributed by atoms with Crippen LogP contribution in [-0.2, 0) is 6.61 Å². The zero-order valence-electron chi connectivity index (χ0n) is 10.8. The maximum atomic E-state index is 13.2. The third kappa shape index (κ3) is 2.55. The number of halogens is 2. The monoisotopic (exact) mass is 304 g/mol. The predicted molar refractivity (Wildman–Crippen MR) is 78.8 cm³/mol. The molecule has 0 saturated carbocycles.